The molecule has 1 aliphatic rings. The Labute approximate surface area is 178 Å². The zero-order valence-electron chi connectivity index (χ0n) is 16.5. The number of rotatable bonds is 2. The second-order valence-electron chi connectivity index (χ2n) is 6.53. The van der Waals surface area contributed by atoms with Crippen molar-refractivity contribution in [3.8, 4) is 11.5 Å². The fraction of sp³-hybridized carbons (Fsp3) is 0.526. The van der Waals surface area contributed by atoms with Crippen LogP contribution >= 0.6 is 24.0 Å². The third-order valence-electron chi connectivity index (χ3n) is 4.51. The molecule has 0 amide bonds. The van der Waals surface area contributed by atoms with Gasteiger partial charge in [-0.25, -0.2) is 9.59 Å². The van der Waals surface area contributed by atoms with Crippen LogP contribution in [0.2, 0.25) is 0 Å². The molecule has 1 aliphatic heterocycles. The number of aliphatic hydroxyl groups excluding tert-OH is 1. The van der Waals surface area contributed by atoms with Gasteiger partial charge in [0, 0.05) is 35.1 Å². The molecule has 0 fully saturated rings. The van der Waals surface area contributed by atoms with Gasteiger partial charge in [-0.3, -0.25) is 0 Å². The fourth-order valence-electron chi connectivity index (χ4n) is 2.91. The van der Waals surface area contributed by atoms with Crippen LogP contribution < -0.4 is 10.1 Å². The van der Waals surface area contributed by atoms with Gasteiger partial charge < -0.3 is 29.7 Å². The zero-order valence-corrected chi connectivity index (χ0v) is 18.2. The number of phenols is 1. The number of methoxy groups -OCH3 is 2. The summed E-state index contributed by atoms with van der Waals surface area (Å²) in [6.07, 6.45) is -0.332. The van der Waals surface area contributed by atoms with E-state index in [9.17, 15) is 19.8 Å². The first-order valence-electron chi connectivity index (χ1n) is 8.98. The van der Waals surface area contributed by atoms with Gasteiger partial charge in [-0.05, 0) is 13.3 Å². The molecule has 0 unspecified atom stereocenters. The highest BCUT2D eigenvalue weighted by atomic mass is 32.2. The van der Waals surface area contributed by atoms with E-state index in [4.69, 9.17) is 26.4 Å². The first kappa shape index (κ1) is 23.2. The van der Waals surface area contributed by atoms with Gasteiger partial charge in [-0.2, -0.15) is 11.8 Å². The lowest BCUT2D eigenvalue weighted by atomic mass is 10.0. The number of carbonyl (C=O) groups excluding carboxylic acids is 2. The van der Waals surface area contributed by atoms with Crippen molar-refractivity contribution >= 4 is 40.9 Å². The molecule has 2 rings (SSSR count). The van der Waals surface area contributed by atoms with Crippen LogP contribution in [0.5, 0.6) is 11.5 Å². The minimum atomic E-state index is -0.921. The number of phenolic OH excluding ortho intramolecular Hbond substituents is 1. The minimum Gasteiger partial charge on any atom is -0.507 e. The summed E-state index contributed by atoms with van der Waals surface area (Å²) >= 11 is 6.58. The minimum absolute atomic E-state index is 0.113. The molecule has 10 heteroatoms. The molecule has 8 nitrogen and oxygen atoms in total. The largest absolute Gasteiger partial charge is 0.507 e. The molecule has 3 N–H and O–H groups in total. The van der Waals surface area contributed by atoms with E-state index in [1.807, 2.05) is 0 Å². The van der Waals surface area contributed by atoms with Gasteiger partial charge in [0.05, 0.1) is 30.9 Å². The smallest absolute Gasteiger partial charge is 0.339 e. The Morgan fingerprint density at radius 2 is 2.14 bits per heavy atom. The number of fused-ring (bicyclic) bond motifs is 1. The maximum Gasteiger partial charge on any atom is 0.339 e. The number of cyclic esters (lactones) is 1. The van der Waals surface area contributed by atoms with Crippen molar-refractivity contribution < 1.29 is 34.0 Å². The molecule has 1 aromatic carbocycles. The average molecular weight is 444 g/mol. The molecule has 0 bridgehead atoms. The van der Waals surface area contributed by atoms with Crippen molar-refractivity contribution in [1.82, 2.24) is 5.32 Å². The third kappa shape index (κ3) is 5.97. The van der Waals surface area contributed by atoms with E-state index in [1.165, 1.54) is 32.0 Å². The summed E-state index contributed by atoms with van der Waals surface area (Å²) in [5, 5.41) is 23.5. The van der Waals surface area contributed by atoms with Crippen LogP contribution in [0.3, 0.4) is 0 Å². The Bertz CT molecular complexity index is 784. The van der Waals surface area contributed by atoms with Crippen LogP contribution in [-0.2, 0) is 20.0 Å². The molecule has 0 saturated carbocycles. The Kier molecular flexibility index (Phi) is 8.54. The Morgan fingerprint density at radius 1 is 1.41 bits per heavy atom. The van der Waals surface area contributed by atoms with Crippen LogP contribution in [0.15, 0.2) is 6.07 Å². The molecule has 2 atom stereocenters. The summed E-state index contributed by atoms with van der Waals surface area (Å²) < 4.78 is 15.3. The third-order valence-corrected chi connectivity index (χ3v) is 5.89. The lowest BCUT2D eigenvalue weighted by molar-refractivity contribution is -0.142. The first-order valence-corrected chi connectivity index (χ1v) is 10.5. The molecule has 0 aromatic heterocycles. The average Bonchev–Trinajstić information content (AvgIpc) is 2.70. The number of nitrogens with one attached hydrogen (secondary N) is 1. The van der Waals surface area contributed by atoms with Crippen LogP contribution in [0.25, 0.3) is 0 Å². The number of thiocarbonyl (C=S) groups is 1. The Morgan fingerprint density at radius 3 is 2.79 bits per heavy atom. The highest BCUT2D eigenvalue weighted by molar-refractivity contribution is 7.98. The van der Waals surface area contributed by atoms with E-state index in [2.05, 4.69) is 5.32 Å². The number of ether oxygens (including phenoxy) is 3. The van der Waals surface area contributed by atoms with Crippen molar-refractivity contribution in [2.75, 3.05) is 26.6 Å². The first-order chi connectivity index (χ1) is 13.8. The van der Waals surface area contributed by atoms with Crippen molar-refractivity contribution in [2.24, 2.45) is 0 Å². The van der Waals surface area contributed by atoms with Gasteiger partial charge in [0.1, 0.15) is 24.1 Å². The van der Waals surface area contributed by atoms with Gasteiger partial charge in [0.2, 0.25) is 0 Å². The number of esters is 2. The predicted molar refractivity (Wildman–Crippen MR) is 113 cm³/mol. The van der Waals surface area contributed by atoms with Gasteiger partial charge in [0.25, 0.3) is 0 Å². The van der Waals surface area contributed by atoms with Crippen molar-refractivity contribution in [3.05, 3.63) is 22.8 Å². The molecule has 1 heterocycles. The second kappa shape index (κ2) is 10.7. The van der Waals surface area contributed by atoms with E-state index in [-0.39, 0.29) is 30.1 Å². The van der Waals surface area contributed by atoms with Gasteiger partial charge in [-0.15, -0.1) is 0 Å². The molecule has 160 valence electrons. The van der Waals surface area contributed by atoms with Crippen LogP contribution in [0.1, 0.15) is 34.3 Å². The van der Waals surface area contributed by atoms with E-state index in [0.717, 1.165) is 0 Å². The number of hydrogen-bond acceptors (Lipinski definition) is 9. The normalized spacial score (nSPS) is 21.2. The molecule has 29 heavy (non-hydrogen) atoms. The number of benzene rings is 1. The lowest BCUT2D eigenvalue weighted by Gasteiger charge is -2.21. The molecule has 0 radical (unpaired) electrons. The van der Waals surface area contributed by atoms with Crippen molar-refractivity contribution in [2.45, 2.75) is 37.7 Å². The SMILES string of the molecule is COC(=O)[C@@H]1CSCc2c(O)cc(OC)c(C)c2C(=O)OC[C@H](O)CCC(=S)N1. The molecule has 1 aromatic rings. The maximum atomic E-state index is 12.7. The maximum absolute atomic E-state index is 12.7. The topological polar surface area (TPSA) is 114 Å². The summed E-state index contributed by atoms with van der Waals surface area (Å²) in [7, 11) is 2.73. The van der Waals surface area contributed by atoms with E-state index >= 15 is 0 Å². The quantitative estimate of drug-likeness (QED) is 0.461. The van der Waals surface area contributed by atoms with E-state index in [0.29, 0.717) is 34.0 Å². The summed E-state index contributed by atoms with van der Waals surface area (Å²) in [6, 6.07) is 0.750. The lowest BCUT2D eigenvalue weighted by Crippen LogP contribution is -2.43. The molecule has 0 spiro atoms. The fourth-order valence-corrected chi connectivity index (χ4v) is 4.24. The van der Waals surface area contributed by atoms with Crippen molar-refractivity contribution in [3.63, 3.8) is 0 Å². The molecule has 0 saturated heterocycles. The van der Waals surface area contributed by atoms with E-state index in [1.54, 1.807) is 6.92 Å². The zero-order chi connectivity index (χ0) is 21.6. The number of aliphatic hydroxyl groups is 1. The standard InChI is InChI=1S/C19H25NO7S2/c1-10-15(25-2)6-14(22)12-8-29-9-13(18(23)26-3)20-16(28)5-4-11(21)7-27-19(24)17(10)12/h6,11,13,21-22H,4-5,7-9H2,1-3H3,(H,20,28)/t11-,13+/m1/s1. The highest BCUT2D eigenvalue weighted by Gasteiger charge is 2.26. The molecule has 0 aliphatic carbocycles. The number of hydrogen-bond donors (Lipinski definition) is 3. The molecular formula is C19H25NO7S2. The second-order valence-corrected chi connectivity index (χ2v) is 8.05. The number of carbonyl (C=O) groups is 2. The summed E-state index contributed by atoms with van der Waals surface area (Å²) in [5.74, 6) is -0.349. The van der Waals surface area contributed by atoms with Crippen molar-refractivity contribution in [1.29, 1.82) is 0 Å². The van der Waals surface area contributed by atoms with Gasteiger partial charge in [-0.1, -0.05) is 12.2 Å². The number of aromatic hydroxyl groups is 1. The van der Waals surface area contributed by atoms with Gasteiger partial charge >= 0.3 is 11.9 Å². The monoisotopic (exact) mass is 443 g/mol. The molecular weight excluding hydrogens is 418 g/mol. The summed E-state index contributed by atoms with van der Waals surface area (Å²) in [6.45, 7) is 1.48. The summed E-state index contributed by atoms with van der Waals surface area (Å²) in [4.78, 5) is 25.2. The van der Waals surface area contributed by atoms with Crippen LogP contribution in [-0.4, -0.2) is 65.9 Å². The highest BCUT2D eigenvalue weighted by Crippen LogP contribution is 2.35. The van der Waals surface area contributed by atoms with Crippen LogP contribution in [0.4, 0.5) is 0 Å². The van der Waals surface area contributed by atoms with Gasteiger partial charge in [0.15, 0.2) is 0 Å². The Hall–Kier alpha value is -2.04. The number of thioether (sulfide) groups is 1. The predicted octanol–water partition coefficient (Wildman–Crippen LogP) is 1.71. The Balaban J connectivity index is 2.40. The summed E-state index contributed by atoms with van der Waals surface area (Å²) in [5.41, 5.74) is 1.09. The van der Waals surface area contributed by atoms with E-state index < -0.39 is 24.1 Å². The van der Waals surface area contributed by atoms with Crippen LogP contribution in [0, 0.1) is 6.92 Å².